The fourth-order valence-electron chi connectivity index (χ4n) is 2.93. The predicted molar refractivity (Wildman–Crippen MR) is 114 cm³/mol. The Hall–Kier alpha value is -2.86. The van der Waals surface area contributed by atoms with Gasteiger partial charge in [-0.2, -0.15) is 8.42 Å². The average Bonchev–Trinajstić information content (AvgIpc) is 2.71. The minimum absolute atomic E-state index is 0.0674. The van der Waals surface area contributed by atoms with Crippen molar-refractivity contribution in [2.24, 2.45) is 5.92 Å². The van der Waals surface area contributed by atoms with Crippen LogP contribution < -0.4 is 5.32 Å². The number of ether oxygens (including phenoxy) is 1. The number of rotatable bonds is 5. The van der Waals surface area contributed by atoms with Crippen LogP contribution in [0.4, 0.5) is 19.4 Å². The first-order valence-electron chi connectivity index (χ1n) is 9.71. The zero-order valence-electron chi connectivity index (χ0n) is 17.7. The second-order valence-electron chi connectivity index (χ2n) is 7.41. The second-order valence-corrected chi connectivity index (χ2v) is 8.88. The number of nitrogens with one attached hydrogen (secondary N) is 1. The Morgan fingerprint density at radius 2 is 1.97 bits per heavy atom. The summed E-state index contributed by atoms with van der Waals surface area (Å²) >= 11 is 0. The number of nitrogens with zero attached hydrogens (tertiary/aromatic N) is 3. The fraction of sp³-hybridized carbons (Fsp3) is 0.450. The van der Waals surface area contributed by atoms with E-state index in [9.17, 15) is 22.0 Å². The summed E-state index contributed by atoms with van der Waals surface area (Å²) in [6.45, 7) is 1.68. The fourth-order valence-corrected chi connectivity index (χ4v) is 2.93. The number of aromatic nitrogens is 2. The normalized spacial score (nSPS) is 17.7. The lowest BCUT2D eigenvalue weighted by atomic mass is 9.93. The summed E-state index contributed by atoms with van der Waals surface area (Å²) in [7, 11) is -3.67. The highest BCUT2D eigenvalue weighted by Gasteiger charge is 2.46. The second kappa shape index (κ2) is 11.1. The van der Waals surface area contributed by atoms with E-state index in [0.717, 1.165) is 16.0 Å². The number of piperidine rings is 1. The first-order valence-corrected chi connectivity index (χ1v) is 11.6. The first kappa shape index (κ1) is 25.4. The van der Waals surface area contributed by atoms with E-state index in [4.69, 9.17) is 9.29 Å². The molecule has 32 heavy (non-hydrogen) atoms. The molecule has 1 atom stereocenters. The van der Waals surface area contributed by atoms with E-state index in [1.54, 1.807) is 0 Å². The molecule has 0 saturated carbocycles. The van der Waals surface area contributed by atoms with Gasteiger partial charge in [0, 0.05) is 31.4 Å². The molecule has 12 heteroatoms. The molecular weight excluding hydrogens is 446 g/mol. The maximum Gasteiger partial charge on any atom is 0.410 e. The quantitative estimate of drug-likeness (QED) is 0.637. The summed E-state index contributed by atoms with van der Waals surface area (Å²) < 4.78 is 60.0. The third-order valence-electron chi connectivity index (χ3n) is 4.58. The van der Waals surface area contributed by atoms with Crippen molar-refractivity contribution in [3.05, 3.63) is 54.0 Å². The number of hydrogen-bond donors (Lipinski definition) is 2. The van der Waals surface area contributed by atoms with E-state index in [1.807, 2.05) is 31.2 Å². The zero-order valence-corrected chi connectivity index (χ0v) is 18.6. The van der Waals surface area contributed by atoms with E-state index >= 15 is 0 Å². The smallest absolute Gasteiger partial charge is 0.410 e. The number of alkyl halides is 2. The molecule has 2 aromatic rings. The minimum Gasteiger partial charge on any atom is -0.445 e. The molecule has 0 aliphatic carbocycles. The SMILES string of the molecule is CS(=O)(=O)O.Cc1ccc(COC(=O)N2CC[C@H](CNc3cnccn3)C(F)(F)C2)cc1. The number of carbonyl (C=O) groups excluding carboxylic acids is 1. The van der Waals surface area contributed by atoms with E-state index in [1.165, 1.54) is 18.6 Å². The Morgan fingerprint density at radius 1 is 1.31 bits per heavy atom. The number of hydrogen-bond acceptors (Lipinski definition) is 7. The summed E-state index contributed by atoms with van der Waals surface area (Å²) in [6.07, 6.45) is 4.67. The lowest BCUT2D eigenvalue weighted by molar-refractivity contribution is -0.101. The molecule has 9 nitrogen and oxygen atoms in total. The van der Waals surface area contributed by atoms with Crippen LogP contribution in [0.5, 0.6) is 0 Å². The molecule has 1 aliphatic rings. The molecule has 1 aromatic heterocycles. The van der Waals surface area contributed by atoms with E-state index in [-0.39, 0.29) is 26.1 Å². The zero-order chi connectivity index (χ0) is 23.8. The molecule has 0 spiro atoms. The Balaban J connectivity index is 0.000000654. The Bertz CT molecular complexity index is 967. The van der Waals surface area contributed by atoms with Gasteiger partial charge in [0.2, 0.25) is 0 Å². The molecule has 1 fully saturated rings. The number of anilines is 1. The molecule has 2 heterocycles. The molecule has 1 amide bonds. The third-order valence-corrected chi connectivity index (χ3v) is 4.58. The van der Waals surface area contributed by atoms with Gasteiger partial charge in [0.05, 0.1) is 19.0 Å². The third kappa shape index (κ3) is 9.10. The van der Waals surface area contributed by atoms with Crippen molar-refractivity contribution < 1.29 is 31.3 Å². The lowest BCUT2D eigenvalue weighted by Gasteiger charge is -2.37. The number of carbonyl (C=O) groups is 1. The van der Waals surface area contributed by atoms with Crippen LogP contribution in [0.3, 0.4) is 0 Å². The van der Waals surface area contributed by atoms with Crippen molar-refractivity contribution in [1.29, 1.82) is 0 Å². The van der Waals surface area contributed by atoms with E-state index in [2.05, 4.69) is 15.3 Å². The van der Waals surface area contributed by atoms with Crippen molar-refractivity contribution >= 4 is 22.0 Å². The monoisotopic (exact) mass is 472 g/mol. The molecular formula is C20H26F2N4O5S. The van der Waals surface area contributed by atoms with Gasteiger partial charge in [-0.05, 0) is 18.9 Å². The largest absolute Gasteiger partial charge is 0.445 e. The van der Waals surface area contributed by atoms with Crippen LogP contribution in [0.2, 0.25) is 0 Å². The highest BCUT2D eigenvalue weighted by Crippen LogP contribution is 2.33. The van der Waals surface area contributed by atoms with Crippen LogP contribution in [0.25, 0.3) is 0 Å². The highest BCUT2D eigenvalue weighted by molar-refractivity contribution is 7.85. The number of likely N-dealkylation sites (tertiary alicyclic amines) is 1. The van der Waals surface area contributed by atoms with Gasteiger partial charge in [-0.15, -0.1) is 0 Å². The molecule has 176 valence electrons. The number of halogens is 2. The van der Waals surface area contributed by atoms with Crippen LogP contribution >= 0.6 is 0 Å². The molecule has 3 rings (SSSR count). The maximum atomic E-state index is 14.5. The first-order chi connectivity index (χ1) is 14.9. The van der Waals surface area contributed by atoms with Gasteiger partial charge in [-0.25, -0.2) is 18.6 Å². The summed E-state index contributed by atoms with van der Waals surface area (Å²) in [4.78, 5) is 21.1. The highest BCUT2D eigenvalue weighted by atomic mass is 32.2. The summed E-state index contributed by atoms with van der Waals surface area (Å²) in [5.74, 6) is -3.44. The van der Waals surface area contributed by atoms with Gasteiger partial charge in [-0.1, -0.05) is 29.8 Å². The average molecular weight is 473 g/mol. The van der Waals surface area contributed by atoms with Crippen LogP contribution in [0.15, 0.2) is 42.9 Å². The van der Waals surface area contributed by atoms with Crippen LogP contribution in [0.1, 0.15) is 17.5 Å². The molecule has 0 bridgehead atoms. The van der Waals surface area contributed by atoms with Crippen LogP contribution in [-0.2, 0) is 21.5 Å². The van der Waals surface area contributed by atoms with Crippen molar-refractivity contribution in [2.75, 3.05) is 31.2 Å². The van der Waals surface area contributed by atoms with Gasteiger partial charge in [0.25, 0.3) is 16.0 Å². The maximum absolute atomic E-state index is 14.5. The van der Waals surface area contributed by atoms with Crippen molar-refractivity contribution in [1.82, 2.24) is 14.9 Å². The topological polar surface area (TPSA) is 122 Å². The van der Waals surface area contributed by atoms with Gasteiger partial charge < -0.3 is 15.0 Å². The van der Waals surface area contributed by atoms with E-state index < -0.39 is 34.6 Å². The molecule has 2 N–H and O–H groups in total. The van der Waals surface area contributed by atoms with Crippen molar-refractivity contribution in [3.63, 3.8) is 0 Å². The molecule has 1 aliphatic heterocycles. The standard InChI is InChI=1S/C19H22F2N4O2.CH4O3S/c1-14-2-4-15(5-3-14)12-27-18(26)25-9-6-16(19(20,21)13-25)10-24-17-11-22-7-8-23-17;1-5(2,3)4/h2-5,7-8,11,16H,6,9-10,12-13H2,1H3,(H,23,24);1H3,(H,2,3,4)/t16-;/m1./s1. The number of amides is 1. The molecule has 0 unspecified atom stereocenters. The minimum atomic E-state index is -3.67. The van der Waals surface area contributed by atoms with Crippen molar-refractivity contribution in [2.45, 2.75) is 25.9 Å². The van der Waals surface area contributed by atoms with Crippen molar-refractivity contribution in [3.8, 4) is 0 Å². The predicted octanol–water partition coefficient (Wildman–Crippen LogP) is 2.99. The summed E-state index contributed by atoms with van der Waals surface area (Å²) in [6, 6.07) is 7.52. The van der Waals surface area contributed by atoms with Gasteiger partial charge in [0.15, 0.2) is 0 Å². The number of aryl methyl sites for hydroxylation is 1. The Labute approximate surface area is 185 Å². The molecule has 1 saturated heterocycles. The van der Waals surface area contributed by atoms with Crippen LogP contribution in [0, 0.1) is 12.8 Å². The summed E-state index contributed by atoms with van der Waals surface area (Å²) in [5.41, 5.74) is 1.92. The van der Waals surface area contributed by atoms with Gasteiger partial charge in [-0.3, -0.25) is 9.54 Å². The number of benzene rings is 1. The lowest BCUT2D eigenvalue weighted by Crippen LogP contribution is -2.52. The van der Waals surface area contributed by atoms with Gasteiger partial charge in [0.1, 0.15) is 12.4 Å². The van der Waals surface area contributed by atoms with E-state index in [0.29, 0.717) is 12.1 Å². The summed E-state index contributed by atoms with van der Waals surface area (Å²) in [5, 5.41) is 2.88. The van der Waals surface area contributed by atoms with Crippen LogP contribution in [-0.4, -0.2) is 65.7 Å². The molecule has 1 aromatic carbocycles. The molecule has 0 radical (unpaired) electrons. The Kier molecular flexibility index (Phi) is 8.84. The Morgan fingerprint density at radius 3 is 2.53 bits per heavy atom. The van der Waals surface area contributed by atoms with Gasteiger partial charge >= 0.3 is 6.09 Å².